The predicted molar refractivity (Wildman–Crippen MR) is 105 cm³/mol. The second-order valence-electron chi connectivity index (χ2n) is 6.21. The van der Waals surface area contributed by atoms with Crippen LogP contribution in [0.15, 0.2) is 11.1 Å². The Kier molecular flexibility index (Phi) is 7.27. The minimum absolute atomic E-state index is 0.231. The van der Waals surface area contributed by atoms with Crippen LogP contribution in [-0.2, 0) is 20.9 Å². The molecule has 10 heteroatoms. The maximum absolute atomic E-state index is 12.8. The van der Waals surface area contributed by atoms with Gasteiger partial charge in [0.1, 0.15) is 22.3 Å². The maximum atomic E-state index is 12.8. The van der Waals surface area contributed by atoms with Gasteiger partial charge in [-0.25, -0.2) is 9.78 Å². The Morgan fingerprint density at radius 3 is 2.68 bits per heavy atom. The van der Waals surface area contributed by atoms with Gasteiger partial charge in [0, 0.05) is 6.54 Å². The Balaban J connectivity index is 2.19. The van der Waals surface area contributed by atoms with Gasteiger partial charge in [0.25, 0.3) is 5.56 Å². The van der Waals surface area contributed by atoms with E-state index in [2.05, 4.69) is 15.6 Å². The Bertz CT molecular complexity index is 949. The van der Waals surface area contributed by atoms with Crippen LogP contribution < -0.4 is 16.2 Å². The molecular weight excluding hydrogens is 384 g/mol. The number of fused-ring (bicyclic) bond motifs is 1. The van der Waals surface area contributed by atoms with Gasteiger partial charge >= 0.3 is 5.97 Å². The number of ether oxygens (including phenoxy) is 1. The van der Waals surface area contributed by atoms with Crippen LogP contribution in [0.4, 0.5) is 0 Å². The van der Waals surface area contributed by atoms with Gasteiger partial charge in [-0.1, -0.05) is 6.92 Å². The van der Waals surface area contributed by atoms with Crippen molar-refractivity contribution >= 4 is 39.3 Å². The quantitative estimate of drug-likeness (QED) is 0.628. The number of amides is 2. The summed E-state index contributed by atoms with van der Waals surface area (Å²) in [6, 6.07) is -0.718. The maximum Gasteiger partial charge on any atom is 0.348 e. The summed E-state index contributed by atoms with van der Waals surface area (Å²) in [6.07, 6.45) is 2.05. The van der Waals surface area contributed by atoms with Crippen molar-refractivity contribution < 1.29 is 19.1 Å². The van der Waals surface area contributed by atoms with E-state index in [1.807, 2.05) is 6.92 Å². The van der Waals surface area contributed by atoms with Gasteiger partial charge in [-0.15, -0.1) is 11.3 Å². The molecule has 0 bridgehead atoms. The average Bonchev–Trinajstić information content (AvgIpc) is 2.99. The van der Waals surface area contributed by atoms with Crippen LogP contribution in [0, 0.1) is 6.92 Å². The summed E-state index contributed by atoms with van der Waals surface area (Å²) >= 11 is 1.08. The Labute approximate surface area is 166 Å². The number of aromatic nitrogens is 2. The lowest BCUT2D eigenvalue weighted by Crippen LogP contribution is -2.46. The number of hydrogen-bond donors (Lipinski definition) is 2. The van der Waals surface area contributed by atoms with E-state index < -0.39 is 23.5 Å². The SMILES string of the molecule is CCCNC(=O)[C@H](C)NC(=O)Cn1cnc2sc(C(=O)OCC)c(C)c2c1=O. The molecule has 0 aliphatic rings. The van der Waals surface area contributed by atoms with Crippen molar-refractivity contribution in [3.8, 4) is 0 Å². The first-order chi connectivity index (χ1) is 13.3. The van der Waals surface area contributed by atoms with Gasteiger partial charge in [-0.05, 0) is 32.8 Å². The zero-order chi connectivity index (χ0) is 20.8. The normalized spacial score (nSPS) is 11.9. The number of esters is 1. The number of nitrogens with one attached hydrogen (secondary N) is 2. The number of hydrogen-bond acceptors (Lipinski definition) is 7. The van der Waals surface area contributed by atoms with Crippen molar-refractivity contribution in [3.63, 3.8) is 0 Å². The summed E-state index contributed by atoms with van der Waals surface area (Å²) in [4.78, 5) is 53.8. The lowest BCUT2D eigenvalue weighted by molar-refractivity contribution is -0.128. The first kappa shape index (κ1) is 21.5. The van der Waals surface area contributed by atoms with Gasteiger partial charge in [0.15, 0.2) is 0 Å². The van der Waals surface area contributed by atoms with E-state index in [0.717, 1.165) is 22.3 Å². The zero-order valence-corrected chi connectivity index (χ0v) is 17.1. The molecule has 9 nitrogen and oxygen atoms in total. The average molecular weight is 408 g/mol. The van der Waals surface area contributed by atoms with Crippen LogP contribution >= 0.6 is 11.3 Å². The molecule has 0 unspecified atom stereocenters. The summed E-state index contributed by atoms with van der Waals surface area (Å²) in [5.74, 6) is -1.27. The smallest absolute Gasteiger partial charge is 0.348 e. The molecule has 0 aromatic carbocycles. The van der Waals surface area contributed by atoms with Crippen LogP contribution in [-0.4, -0.2) is 46.5 Å². The fourth-order valence-electron chi connectivity index (χ4n) is 2.57. The van der Waals surface area contributed by atoms with E-state index >= 15 is 0 Å². The number of aryl methyl sites for hydroxylation is 1. The molecular formula is C18H24N4O5S. The van der Waals surface area contributed by atoms with Crippen molar-refractivity contribution in [2.24, 2.45) is 0 Å². The topological polar surface area (TPSA) is 119 Å². The minimum Gasteiger partial charge on any atom is -0.462 e. The van der Waals surface area contributed by atoms with E-state index in [1.165, 1.54) is 6.33 Å². The fourth-order valence-corrected chi connectivity index (χ4v) is 3.60. The summed E-state index contributed by atoms with van der Waals surface area (Å²) in [6.45, 7) is 7.33. The van der Waals surface area contributed by atoms with Crippen LogP contribution in [0.2, 0.25) is 0 Å². The van der Waals surface area contributed by atoms with E-state index in [-0.39, 0.29) is 24.4 Å². The van der Waals surface area contributed by atoms with Gasteiger partial charge in [0.2, 0.25) is 11.8 Å². The third-order valence-corrected chi connectivity index (χ3v) is 5.19. The van der Waals surface area contributed by atoms with E-state index in [0.29, 0.717) is 21.8 Å². The third-order valence-electron chi connectivity index (χ3n) is 4.01. The molecule has 0 saturated heterocycles. The molecule has 28 heavy (non-hydrogen) atoms. The van der Waals surface area contributed by atoms with Crippen molar-refractivity contribution in [2.75, 3.05) is 13.2 Å². The van der Waals surface area contributed by atoms with Gasteiger partial charge < -0.3 is 15.4 Å². The lowest BCUT2D eigenvalue weighted by Gasteiger charge is -2.14. The monoisotopic (exact) mass is 408 g/mol. The van der Waals surface area contributed by atoms with Crippen LogP contribution in [0.1, 0.15) is 42.4 Å². The first-order valence-electron chi connectivity index (χ1n) is 9.02. The molecule has 0 fully saturated rings. The predicted octanol–water partition coefficient (Wildman–Crippen LogP) is 0.974. The van der Waals surface area contributed by atoms with Crippen LogP contribution in [0.25, 0.3) is 10.2 Å². The molecule has 2 amide bonds. The highest BCUT2D eigenvalue weighted by molar-refractivity contribution is 7.20. The van der Waals surface area contributed by atoms with Gasteiger partial charge in [-0.2, -0.15) is 0 Å². The van der Waals surface area contributed by atoms with Crippen molar-refractivity contribution in [1.82, 2.24) is 20.2 Å². The molecule has 2 rings (SSSR count). The molecule has 0 saturated carbocycles. The highest BCUT2D eigenvalue weighted by Gasteiger charge is 2.21. The summed E-state index contributed by atoms with van der Waals surface area (Å²) < 4.78 is 6.16. The fraction of sp³-hybridized carbons (Fsp3) is 0.500. The molecule has 2 aromatic heterocycles. The second kappa shape index (κ2) is 9.45. The molecule has 0 aliphatic heterocycles. The van der Waals surface area contributed by atoms with Crippen molar-refractivity contribution in [2.45, 2.75) is 46.7 Å². The Morgan fingerprint density at radius 2 is 2.04 bits per heavy atom. The molecule has 2 heterocycles. The number of rotatable bonds is 8. The molecule has 0 radical (unpaired) electrons. The zero-order valence-electron chi connectivity index (χ0n) is 16.3. The van der Waals surface area contributed by atoms with Crippen molar-refractivity contribution in [1.29, 1.82) is 0 Å². The number of thiophene rings is 1. The summed E-state index contributed by atoms with van der Waals surface area (Å²) in [7, 11) is 0. The third kappa shape index (κ3) is 4.75. The minimum atomic E-state index is -0.718. The molecule has 0 aliphatic carbocycles. The van der Waals surface area contributed by atoms with E-state index in [4.69, 9.17) is 4.74 Å². The highest BCUT2D eigenvalue weighted by atomic mass is 32.1. The highest BCUT2D eigenvalue weighted by Crippen LogP contribution is 2.27. The Morgan fingerprint density at radius 1 is 1.32 bits per heavy atom. The molecule has 0 spiro atoms. The van der Waals surface area contributed by atoms with Crippen molar-refractivity contribution in [3.05, 3.63) is 27.1 Å². The molecule has 1 atom stereocenters. The van der Waals surface area contributed by atoms with E-state index in [1.54, 1.807) is 20.8 Å². The summed E-state index contributed by atoms with van der Waals surface area (Å²) in [5, 5.41) is 5.54. The van der Waals surface area contributed by atoms with E-state index in [9.17, 15) is 19.2 Å². The standard InChI is InChI=1S/C18H24N4O5S/c1-5-7-19-15(24)11(4)21-12(23)8-22-9-20-16-13(17(22)25)10(3)14(28-16)18(26)27-6-2/h9,11H,5-8H2,1-4H3,(H,19,24)(H,21,23)/t11-/m0/s1. The lowest BCUT2D eigenvalue weighted by atomic mass is 10.2. The van der Waals surface area contributed by atoms with Crippen LogP contribution in [0.3, 0.4) is 0 Å². The second-order valence-corrected chi connectivity index (χ2v) is 7.21. The Hall–Kier alpha value is -2.75. The van der Waals surface area contributed by atoms with Crippen LogP contribution in [0.5, 0.6) is 0 Å². The van der Waals surface area contributed by atoms with Gasteiger partial charge in [0.05, 0.1) is 18.3 Å². The largest absolute Gasteiger partial charge is 0.462 e. The number of carbonyl (C=O) groups excluding carboxylic acids is 3. The number of nitrogens with zero attached hydrogens (tertiary/aromatic N) is 2. The number of carbonyl (C=O) groups is 3. The molecule has 2 aromatic rings. The summed E-state index contributed by atoms with van der Waals surface area (Å²) in [5.41, 5.74) is 0.0607. The first-order valence-corrected chi connectivity index (χ1v) is 9.84. The molecule has 152 valence electrons. The molecule has 2 N–H and O–H groups in total. The van der Waals surface area contributed by atoms with Gasteiger partial charge in [-0.3, -0.25) is 19.0 Å².